The van der Waals surface area contributed by atoms with E-state index < -0.39 is 10.8 Å². The van der Waals surface area contributed by atoms with Crippen LogP contribution in [0.5, 0.6) is 0 Å². The number of carbonyl (C=O) groups is 1. The number of nitro groups is 1. The summed E-state index contributed by atoms with van der Waals surface area (Å²) in [5.41, 5.74) is 4.69. The summed E-state index contributed by atoms with van der Waals surface area (Å²) in [6.07, 6.45) is 3.57. The van der Waals surface area contributed by atoms with Crippen LogP contribution in [0.3, 0.4) is 0 Å². The lowest BCUT2D eigenvalue weighted by Crippen LogP contribution is -2.17. The quantitative estimate of drug-likeness (QED) is 0.440. The van der Waals surface area contributed by atoms with Crippen molar-refractivity contribution < 1.29 is 9.72 Å². The maximum atomic E-state index is 12.0. The van der Waals surface area contributed by atoms with Crippen molar-refractivity contribution in [2.45, 2.75) is 13.5 Å². The van der Waals surface area contributed by atoms with E-state index in [1.165, 1.54) is 24.3 Å². The Balaban J connectivity index is 1.75. The van der Waals surface area contributed by atoms with Crippen molar-refractivity contribution >= 4 is 28.7 Å². The number of hydrazone groups is 1. The van der Waals surface area contributed by atoms with Gasteiger partial charge in [-0.25, -0.2) is 5.43 Å². The monoisotopic (exact) mass is 336 g/mol. The van der Waals surface area contributed by atoms with Crippen molar-refractivity contribution in [1.82, 2.24) is 9.99 Å². The number of amides is 1. The van der Waals surface area contributed by atoms with Gasteiger partial charge in [0.15, 0.2) is 0 Å². The van der Waals surface area contributed by atoms with Gasteiger partial charge in [0.1, 0.15) is 0 Å². The number of hydrogen-bond donors (Lipinski definition) is 1. The Morgan fingerprint density at radius 3 is 2.64 bits per heavy atom. The average Bonchev–Trinajstić information content (AvgIpc) is 3.00. The van der Waals surface area contributed by atoms with Crippen molar-refractivity contribution in [2.24, 2.45) is 5.10 Å². The second-order valence-corrected chi connectivity index (χ2v) is 5.39. The number of fused-ring (bicyclic) bond motifs is 1. The molecular weight excluding hydrogens is 320 g/mol. The first-order valence-corrected chi connectivity index (χ1v) is 7.76. The second-order valence-electron chi connectivity index (χ2n) is 5.39. The first kappa shape index (κ1) is 16.4. The Hall–Kier alpha value is -3.48. The number of nitrogens with one attached hydrogen (secondary N) is 1. The zero-order valence-electron chi connectivity index (χ0n) is 13.5. The minimum Gasteiger partial charge on any atom is -0.347 e. The Bertz CT molecular complexity index is 958. The molecule has 3 aromatic rings. The molecule has 1 amide bonds. The first-order valence-electron chi connectivity index (χ1n) is 7.76. The standard InChI is InChI=1S/C18H16N4O3/c1-2-21-12-14(16-5-3-4-6-17(16)21)11-19-20-18(23)13-7-9-15(10-8-13)22(24)25/h3-12H,2H2,1H3,(H,20,23)/b19-11+. The van der Waals surface area contributed by atoms with E-state index in [0.717, 1.165) is 23.0 Å². The molecule has 0 unspecified atom stereocenters. The Kier molecular flexibility index (Phi) is 4.56. The lowest BCUT2D eigenvalue weighted by Gasteiger charge is -1.99. The number of aryl methyl sites for hydroxylation is 1. The van der Waals surface area contributed by atoms with Crippen molar-refractivity contribution in [2.75, 3.05) is 0 Å². The molecule has 25 heavy (non-hydrogen) atoms. The van der Waals surface area contributed by atoms with Gasteiger partial charge in [-0.3, -0.25) is 14.9 Å². The Morgan fingerprint density at radius 1 is 1.24 bits per heavy atom. The Morgan fingerprint density at radius 2 is 1.96 bits per heavy atom. The van der Waals surface area contributed by atoms with Gasteiger partial charge in [-0.2, -0.15) is 5.10 Å². The number of rotatable bonds is 5. The molecule has 7 heteroatoms. The van der Waals surface area contributed by atoms with Gasteiger partial charge in [0.25, 0.3) is 11.6 Å². The highest BCUT2D eigenvalue weighted by molar-refractivity contribution is 6.00. The lowest BCUT2D eigenvalue weighted by molar-refractivity contribution is -0.384. The van der Waals surface area contributed by atoms with Crippen molar-refractivity contribution in [3.05, 3.63) is 76.0 Å². The van der Waals surface area contributed by atoms with Crippen LogP contribution >= 0.6 is 0 Å². The zero-order chi connectivity index (χ0) is 17.8. The molecule has 0 bridgehead atoms. The summed E-state index contributed by atoms with van der Waals surface area (Å²) in [5, 5.41) is 15.7. The first-order chi connectivity index (χ1) is 12.1. The van der Waals surface area contributed by atoms with Crippen molar-refractivity contribution in [3.8, 4) is 0 Å². The molecule has 0 spiro atoms. The van der Waals surface area contributed by atoms with Gasteiger partial charge in [-0.05, 0) is 25.1 Å². The summed E-state index contributed by atoms with van der Waals surface area (Å²) >= 11 is 0. The minimum absolute atomic E-state index is 0.0626. The highest BCUT2D eigenvalue weighted by atomic mass is 16.6. The zero-order valence-corrected chi connectivity index (χ0v) is 13.5. The maximum Gasteiger partial charge on any atom is 0.271 e. The number of non-ortho nitro benzene ring substituents is 1. The minimum atomic E-state index is -0.511. The van der Waals surface area contributed by atoms with Crippen LogP contribution < -0.4 is 5.43 Å². The van der Waals surface area contributed by atoms with Gasteiger partial charge in [0, 0.05) is 46.9 Å². The van der Waals surface area contributed by atoms with E-state index >= 15 is 0 Å². The molecule has 1 heterocycles. The van der Waals surface area contributed by atoms with Gasteiger partial charge < -0.3 is 4.57 Å². The fourth-order valence-electron chi connectivity index (χ4n) is 2.60. The summed E-state index contributed by atoms with van der Waals surface area (Å²) in [4.78, 5) is 22.2. The third kappa shape index (κ3) is 3.40. The fraction of sp³-hybridized carbons (Fsp3) is 0.111. The summed E-state index contributed by atoms with van der Waals surface area (Å²) in [6, 6.07) is 13.3. The van der Waals surface area contributed by atoms with Crippen LogP contribution in [0.1, 0.15) is 22.8 Å². The third-order valence-corrected chi connectivity index (χ3v) is 3.87. The van der Waals surface area contributed by atoms with Gasteiger partial charge in [0.2, 0.25) is 0 Å². The summed E-state index contributed by atoms with van der Waals surface area (Å²) in [6.45, 7) is 2.90. The molecule has 126 valence electrons. The number of aromatic nitrogens is 1. The van der Waals surface area contributed by atoms with Gasteiger partial charge >= 0.3 is 0 Å². The highest BCUT2D eigenvalue weighted by Gasteiger charge is 2.09. The fourth-order valence-corrected chi connectivity index (χ4v) is 2.60. The molecule has 0 saturated carbocycles. The van der Waals surface area contributed by atoms with Crippen LogP contribution in [0, 0.1) is 10.1 Å². The normalized spacial score (nSPS) is 11.1. The number of nitro benzene ring substituents is 1. The van der Waals surface area contributed by atoms with Crippen LogP contribution in [-0.2, 0) is 6.54 Å². The van der Waals surface area contributed by atoms with Crippen molar-refractivity contribution in [1.29, 1.82) is 0 Å². The Labute approximate surface area is 143 Å². The molecule has 7 nitrogen and oxygen atoms in total. The number of carbonyl (C=O) groups excluding carboxylic acids is 1. The number of benzene rings is 2. The van der Waals surface area contributed by atoms with Crippen LogP contribution in [-0.4, -0.2) is 21.6 Å². The topological polar surface area (TPSA) is 89.5 Å². The predicted molar refractivity (Wildman–Crippen MR) is 95.8 cm³/mol. The van der Waals surface area contributed by atoms with Gasteiger partial charge in [0.05, 0.1) is 11.1 Å². The van der Waals surface area contributed by atoms with Gasteiger partial charge in [-0.1, -0.05) is 18.2 Å². The van der Waals surface area contributed by atoms with Crippen molar-refractivity contribution in [3.63, 3.8) is 0 Å². The molecule has 0 atom stereocenters. The van der Waals surface area contributed by atoms with Crippen LogP contribution in [0.25, 0.3) is 10.9 Å². The number of para-hydroxylation sites is 1. The van der Waals surface area contributed by atoms with Crippen LogP contribution in [0.2, 0.25) is 0 Å². The second kappa shape index (κ2) is 6.96. The molecule has 0 aliphatic heterocycles. The largest absolute Gasteiger partial charge is 0.347 e. The van der Waals surface area contributed by atoms with Gasteiger partial charge in [-0.15, -0.1) is 0 Å². The number of nitrogens with zero attached hydrogens (tertiary/aromatic N) is 3. The summed E-state index contributed by atoms with van der Waals surface area (Å²) in [7, 11) is 0. The van der Waals surface area contributed by atoms with E-state index in [9.17, 15) is 14.9 Å². The molecule has 1 N–H and O–H groups in total. The van der Waals surface area contributed by atoms with E-state index in [1.54, 1.807) is 6.21 Å². The van der Waals surface area contributed by atoms with E-state index in [-0.39, 0.29) is 5.69 Å². The maximum absolute atomic E-state index is 12.0. The SMILES string of the molecule is CCn1cc(/C=N/NC(=O)c2ccc([N+](=O)[O-])cc2)c2ccccc21. The van der Waals surface area contributed by atoms with E-state index in [1.807, 2.05) is 30.5 Å². The predicted octanol–water partition coefficient (Wildman–Crippen LogP) is 3.33. The van der Waals surface area contributed by atoms with E-state index in [4.69, 9.17) is 0 Å². The molecule has 2 aromatic carbocycles. The molecule has 0 radical (unpaired) electrons. The summed E-state index contributed by atoms with van der Waals surface area (Å²) in [5.74, 6) is -0.426. The number of hydrogen-bond acceptors (Lipinski definition) is 4. The average molecular weight is 336 g/mol. The molecular formula is C18H16N4O3. The van der Waals surface area contributed by atoms with E-state index in [2.05, 4.69) is 22.0 Å². The summed E-state index contributed by atoms with van der Waals surface area (Å²) < 4.78 is 2.11. The molecule has 3 rings (SSSR count). The highest BCUT2D eigenvalue weighted by Crippen LogP contribution is 2.19. The molecule has 0 fully saturated rings. The van der Waals surface area contributed by atoms with Crippen LogP contribution in [0.15, 0.2) is 59.8 Å². The lowest BCUT2D eigenvalue weighted by atomic mass is 10.2. The molecule has 1 aromatic heterocycles. The molecule has 0 aliphatic rings. The smallest absolute Gasteiger partial charge is 0.271 e. The van der Waals surface area contributed by atoms with E-state index in [0.29, 0.717) is 5.56 Å². The van der Waals surface area contributed by atoms with Crippen LogP contribution in [0.4, 0.5) is 5.69 Å². The molecule has 0 saturated heterocycles. The third-order valence-electron chi connectivity index (χ3n) is 3.87. The molecule has 0 aliphatic carbocycles.